The summed E-state index contributed by atoms with van der Waals surface area (Å²) < 4.78 is 37.6. The predicted octanol–water partition coefficient (Wildman–Crippen LogP) is 2.35. The van der Waals surface area contributed by atoms with E-state index in [4.69, 9.17) is 31.9 Å². The Bertz CT molecular complexity index is 1480. The van der Waals surface area contributed by atoms with Gasteiger partial charge < -0.3 is 25.6 Å². The van der Waals surface area contributed by atoms with Crippen molar-refractivity contribution in [3.8, 4) is 0 Å². The molecule has 36 heavy (non-hydrogen) atoms. The summed E-state index contributed by atoms with van der Waals surface area (Å²) >= 11 is 6.02. The van der Waals surface area contributed by atoms with Crippen LogP contribution in [0.1, 0.15) is 56.0 Å². The summed E-state index contributed by atoms with van der Waals surface area (Å²) in [5, 5.41) is 2.74. The normalized spacial score (nSPS) is 27.6. The molecule has 5 rings (SSSR count). The molecular formula is C23H26ClN5O6S. The average Bonchev–Trinajstić information content (AvgIpc) is 3.39. The molecule has 2 heterocycles. The van der Waals surface area contributed by atoms with E-state index < -0.39 is 44.0 Å². The Morgan fingerprint density at radius 2 is 1.78 bits per heavy atom. The number of sulfonamides is 1. The molecule has 2 fully saturated rings. The smallest absolute Gasteiger partial charge is 0.297 e. The summed E-state index contributed by atoms with van der Waals surface area (Å²) in [6.07, 6.45) is 2.14. The van der Waals surface area contributed by atoms with Crippen molar-refractivity contribution in [2.45, 2.75) is 55.8 Å². The predicted molar refractivity (Wildman–Crippen MR) is 129 cm³/mol. The van der Waals surface area contributed by atoms with Gasteiger partial charge in [-0.05, 0) is 61.4 Å². The molecule has 2 amide bonds. The lowest BCUT2D eigenvalue weighted by Gasteiger charge is -2.64. The summed E-state index contributed by atoms with van der Waals surface area (Å²) in [5.74, 6) is -1.67. The molecule has 1 aromatic carbocycles. The highest BCUT2D eigenvalue weighted by molar-refractivity contribution is 7.89. The van der Waals surface area contributed by atoms with E-state index in [1.54, 1.807) is 32.0 Å². The van der Waals surface area contributed by atoms with Crippen LogP contribution in [0.5, 0.6) is 0 Å². The van der Waals surface area contributed by atoms with E-state index in [0.29, 0.717) is 47.7 Å². The van der Waals surface area contributed by atoms with E-state index in [0.717, 1.165) is 6.07 Å². The van der Waals surface area contributed by atoms with Crippen LogP contribution in [0.3, 0.4) is 0 Å². The molecule has 0 atom stereocenters. The van der Waals surface area contributed by atoms with Crippen LogP contribution < -0.4 is 21.5 Å². The van der Waals surface area contributed by atoms with Gasteiger partial charge >= 0.3 is 0 Å². The van der Waals surface area contributed by atoms with Gasteiger partial charge in [-0.15, -0.1) is 0 Å². The molecule has 2 aromatic heterocycles. The van der Waals surface area contributed by atoms with E-state index in [-0.39, 0.29) is 11.2 Å². The van der Waals surface area contributed by atoms with Crippen molar-refractivity contribution >= 4 is 44.5 Å². The van der Waals surface area contributed by atoms with E-state index in [2.05, 4.69) is 10.3 Å². The molecule has 192 valence electrons. The summed E-state index contributed by atoms with van der Waals surface area (Å²) in [4.78, 5) is 28.9. The van der Waals surface area contributed by atoms with Crippen molar-refractivity contribution in [1.82, 2.24) is 15.0 Å². The molecule has 1 spiro atoms. The maximum absolute atomic E-state index is 12.7. The number of nitrogens with two attached hydrogens (primary N) is 2. The van der Waals surface area contributed by atoms with Gasteiger partial charge in [-0.3, -0.25) is 9.59 Å². The van der Waals surface area contributed by atoms with Crippen LogP contribution in [-0.2, 0) is 20.4 Å². The zero-order valence-corrected chi connectivity index (χ0v) is 21.2. The maximum atomic E-state index is 12.7. The molecule has 11 nitrogen and oxygen atoms in total. The second kappa shape index (κ2) is 8.04. The standard InChI is InChI=1S/C23H26ClN5O6S/c1-12(2)18(30)29-36(32,33)17-6-5-16(34-17)19(31)28-23(26)10-21(11-23)8-22(25,9-21)20-27-14-7-13(24)3-4-15(14)35-20/h3-7,12H,8-11,25-26H2,1-2H3,(H,28,31)(H,29,30)/t21?,22-,23-. The van der Waals surface area contributed by atoms with Gasteiger partial charge in [0.25, 0.3) is 15.9 Å². The first-order chi connectivity index (χ1) is 16.7. The first kappa shape index (κ1) is 24.8. The van der Waals surface area contributed by atoms with Crippen molar-refractivity contribution < 1.29 is 26.8 Å². The minimum absolute atomic E-state index is 0.159. The fourth-order valence-corrected chi connectivity index (χ4v) is 6.57. The number of rotatable bonds is 6. The number of hydrogen-bond acceptors (Lipinski definition) is 9. The lowest BCUT2D eigenvalue weighted by Crippen LogP contribution is -2.73. The number of nitrogens with zero attached hydrogens (tertiary/aromatic N) is 1. The minimum Gasteiger partial charge on any atom is -0.439 e. The van der Waals surface area contributed by atoms with Crippen molar-refractivity contribution in [1.29, 1.82) is 0 Å². The number of carbonyl (C=O) groups is 2. The summed E-state index contributed by atoms with van der Waals surface area (Å²) in [5.41, 5.74) is 12.3. The lowest BCUT2D eigenvalue weighted by molar-refractivity contribution is -0.122. The van der Waals surface area contributed by atoms with Gasteiger partial charge in [-0.2, -0.15) is 8.42 Å². The number of amides is 2. The number of fused-ring (bicyclic) bond motifs is 1. The first-order valence-corrected chi connectivity index (χ1v) is 13.2. The molecule has 0 aliphatic heterocycles. The molecule has 0 radical (unpaired) electrons. The number of aromatic nitrogens is 1. The van der Waals surface area contributed by atoms with E-state index in [1.807, 2.05) is 4.72 Å². The van der Waals surface area contributed by atoms with Crippen molar-refractivity contribution in [2.75, 3.05) is 0 Å². The van der Waals surface area contributed by atoms with Gasteiger partial charge in [0.1, 0.15) is 5.52 Å². The third-order valence-electron chi connectivity index (χ3n) is 6.73. The number of hydrogen-bond donors (Lipinski definition) is 4. The van der Waals surface area contributed by atoms with E-state index in [1.165, 1.54) is 6.07 Å². The molecule has 0 bridgehead atoms. The van der Waals surface area contributed by atoms with Gasteiger partial charge in [-0.25, -0.2) is 9.71 Å². The Morgan fingerprint density at radius 1 is 1.08 bits per heavy atom. The summed E-state index contributed by atoms with van der Waals surface area (Å²) in [6, 6.07) is 7.52. The molecule has 2 aliphatic carbocycles. The Labute approximate surface area is 212 Å². The maximum Gasteiger partial charge on any atom is 0.297 e. The molecule has 6 N–H and O–H groups in total. The number of carbonyl (C=O) groups excluding carboxylic acids is 2. The molecule has 0 unspecified atom stereocenters. The zero-order valence-electron chi connectivity index (χ0n) is 19.6. The fourth-order valence-electron chi connectivity index (χ4n) is 5.35. The van der Waals surface area contributed by atoms with Crippen molar-refractivity contribution in [3.63, 3.8) is 0 Å². The van der Waals surface area contributed by atoms with Gasteiger partial charge in [-0.1, -0.05) is 25.4 Å². The van der Waals surface area contributed by atoms with Crippen LogP contribution in [0.15, 0.2) is 44.3 Å². The molecular weight excluding hydrogens is 510 g/mol. The second-order valence-corrected chi connectivity index (χ2v) is 12.4. The highest BCUT2D eigenvalue weighted by atomic mass is 35.5. The first-order valence-electron chi connectivity index (χ1n) is 11.4. The zero-order chi connectivity index (χ0) is 26.1. The Kier molecular flexibility index (Phi) is 5.52. The minimum atomic E-state index is -4.23. The average molecular weight is 536 g/mol. The Hall–Kier alpha value is -2.93. The SMILES string of the molecule is CC(C)C(=O)NS(=O)(=O)c1ccc(C(=O)N[C@]2(N)CC3(C2)C[C@@](N)(c2nc4cc(Cl)ccc4o2)C3)o1. The molecule has 0 saturated heterocycles. The van der Waals surface area contributed by atoms with E-state index in [9.17, 15) is 18.0 Å². The van der Waals surface area contributed by atoms with Crippen LogP contribution in [0.25, 0.3) is 11.1 Å². The van der Waals surface area contributed by atoms with E-state index >= 15 is 0 Å². The van der Waals surface area contributed by atoms with Gasteiger partial charge in [0.15, 0.2) is 11.3 Å². The molecule has 3 aromatic rings. The fraction of sp³-hybridized carbons (Fsp3) is 0.435. The molecule has 2 aliphatic rings. The summed E-state index contributed by atoms with van der Waals surface area (Å²) in [7, 11) is -4.23. The Morgan fingerprint density at radius 3 is 2.44 bits per heavy atom. The van der Waals surface area contributed by atoms with Gasteiger partial charge in [0.2, 0.25) is 16.9 Å². The van der Waals surface area contributed by atoms with Gasteiger partial charge in [0.05, 0.1) is 11.2 Å². The third kappa shape index (κ3) is 4.27. The van der Waals surface area contributed by atoms with Crippen LogP contribution in [0.4, 0.5) is 0 Å². The monoisotopic (exact) mass is 535 g/mol. The quantitative estimate of drug-likeness (QED) is 0.344. The highest BCUT2D eigenvalue weighted by Crippen LogP contribution is 2.64. The number of benzene rings is 1. The number of nitrogens with one attached hydrogen (secondary N) is 2. The molecule has 13 heteroatoms. The second-order valence-electron chi connectivity index (χ2n) is 10.3. The van der Waals surface area contributed by atoms with Crippen LogP contribution >= 0.6 is 11.6 Å². The molecule has 2 saturated carbocycles. The summed E-state index contributed by atoms with van der Waals surface area (Å²) in [6.45, 7) is 3.11. The third-order valence-corrected chi connectivity index (χ3v) is 8.18. The Balaban J connectivity index is 1.20. The lowest BCUT2D eigenvalue weighted by atomic mass is 9.45. The number of halogens is 1. The van der Waals surface area contributed by atoms with Gasteiger partial charge in [0, 0.05) is 10.9 Å². The highest BCUT2D eigenvalue weighted by Gasteiger charge is 2.65. The topological polar surface area (TPSA) is 184 Å². The van der Waals surface area contributed by atoms with Crippen LogP contribution in [0.2, 0.25) is 5.02 Å². The van der Waals surface area contributed by atoms with Crippen LogP contribution in [-0.4, -0.2) is 30.9 Å². The number of oxazole rings is 1. The van der Waals surface area contributed by atoms with Crippen molar-refractivity contribution in [2.24, 2.45) is 22.8 Å². The number of furan rings is 1. The largest absolute Gasteiger partial charge is 0.439 e. The van der Waals surface area contributed by atoms with Crippen molar-refractivity contribution in [3.05, 3.63) is 47.0 Å². The van der Waals surface area contributed by atoms with Crippen LogP contribution in [0, 0.1) is 11.3 Å².